The number of amides is 1. The number of alkyl halides is 3. The van der Waals surface area contributed by atoms with Crippen LogP contribution in [0.3, 0.4) is 0 Å². The van der Waals surface area contributed by atoms with Gasteiger partial charge in [-0.05, 0) is 52.8 Å². The summed E-state index contributed by atoms with van der Waals surface area (Å²) in [5.41, 5.74) is 1.75. The topological polar surface area (TPSA) is 20.3 Å². The van der Waals surface area contributed by atoms with Gasteiger partial charge in [-0.3, -0.25) is 4.79 Å². The van der Waals surface area contributed by atoms with Crippen molar-refractivity contribution in [1.82, 2.24) is 4.90 Å². The number of rotatable bonds is 6. The maximum absolute atomic E-state index is 13.9. The molecule has 34 heavy (non-hydrogen) atoms. The highest BCUT2D eigenvalue weighted by atomic mass is 35.5. The molecule has 3 aromatic rings. The average molecular weight is 492 g/mol. The van der Waals surface area contributed by atoms with Crippen LogP contribution in [-0.4, -0.2) is 17.4 Å². The van der Waals surface area contributed by atoms with Gasteiger partial charge in [-0.2, -0.15) is 13.2 Å². The maximum atomic E-state index is 13.9. The molecule has 7 heteroatoms. The smallest absolute Gasteiger partial charge is 0.334 e. The number of carbonyl (C=O) groups is 1. The molecule has 0 unspecified atom stereocenters. The lowest BCUT2D eigenvalue weighted by Crippen LogP contribution is -2.32. The van der Waals surface area contributed by atoms with Gasteiger partial charge in [0.2, 0.25) is 0 Å². The molecular formula is C27H26ClF4NO. The van der Waals surface area contributed by atoms with Crippen molar-refractivity contribution in [2.75, 3.05) is 6.54 Å². The highest BCUT2D eigenvalue weighted by molar-refractivity contribution is 6.31. The van der Waals surface area contributed by atoms with E-state index in [-0.39, 0.29) is 35.5 Å². The molecule has 0 aromatic heterocycles. The first kappa shape index (κ1) is 25.8. The third kappa shape index (κ3) is 6.83. The van der Waals surface area contributed by atoms with Gasteiger partial charge in [0.1, 0.15) is 5.82 Å². The predicted octanol–water partition coefficient (Wildman–Crippen LogP) is 7.68. The second kappa shape index (κ2) is 10.2. The Morgan fingerprint density at radius 1 is 0.882 bits per heavy atom. The maximum Gasteiger partial charge on any atom is 0.416 e. The summed E-state index contributed by atoms with van der Waals surface area (Å²) in [5.74, 6) is -1.09. The van der Waals surface area contributed by atoms with Gasteiger partial charge in [-0.25, -0.2) is 4.39 Å². The molecule has 1 amide bonds. The molecule has 0 aliphatic rings. The minimum atomic E-state index is -4.45. The lowest BCUT2D eigenvalue weighted by atomic mass is 9.87. The third-order valence-corrected chi connectivity index (χ3v) is 5.73. The van der Waals surface area contributed by atoms with Gasteiger partial charge in [-0.1, -0.05) is 74.8 Å². The predicted molar refractivity (Wildman–Crippen MR) is 126 cm³/mol. The van der Waals surface area contributed by atoms with E-state index in [0.29, 0.717) is 5.56 Å². The number of carbonyl (C=O) groups excluding carboxylic acids is 1. The Labute approximate surface area is 202 Å². The molecule has 0 heterocycles. The molecule has 0 N–H and O–H groups in total. The molecular weight excluding hydrogens is 466 g/mol. The summed E-state index contributed by atoms with van der Waals surface area (Å²) in [6, 6.07) is 16.5. The lowest BCUT2D eigenvalue weighted by molar-refractivity contribution is -0.137. The zero-order chi connectivity index (χ0) is 25.1. The van der Waals surface area contributed by atoms with Gasteiger partial charge >= 0.3 is 6.18 Å². The van der Waals surface area contributed by atoms with E-state index >= 15 is 0 Å². The molecule has 0 spiro atoms. The molecule has 2 nitrogen and oxygen atoms in total. The minimum absolute atomic E-state index is 0.0319. The van der Waals surface area contributed by atoms with E-state index in [1.54, 1.807) is 6.07 Å². The van der Waals surface area contributed by atoms with Crippen molar-refractivity contribution in [1.29, 1.82) is 0 Å². The fourth-order valence-electron chi connectivity index (χ4n) is 3.61. The minimum Gasteiger partial charge on any atom is -0.334 e. The fraction of sp³-hybridized carbons (Fsp3) is 0.296. The van der Waals surface area contributed by atoms with Crippen molar-refractivity contribution in [3.05, 3.63) is 105 Å². The van der Waals surface area contributed by atoms with Crippen molar-refractivity contribution < 1.29 is 22.4 Å². The van der Waals surface area contributed by atoms with Crippen molar-refractivity contribution in [2.24, 2.45) is 0 Å². The Balaban J connectivity index is 1.86. The van der Waals surface area contributed by atoms with Crippen molar-refractivity contribution in [3.63, 3.8) is 0 Å². The van der Waals surface area contributed by atoms with Crippen LogP contribution in [0.25, 0.3) is 0 Å². The van der Waals surface area contributed by atoms with E-state index in [4.69, 9.17) is 11.6 Å². The van der Waals surface area contributed by atoms with Gasteiger partial charge in [0, 0.05) is 23.7 Å². The van der Waals surface area contributed by atoms with Crippen LogP contribution in [0.1, 0.15) is 53.4 Å². The molecule has 0 atom stereocenters. The molecule has 0 radical (unpaired) electrons. The second-order valence-electron chi connectivity index (χ2n) is 9.28. The Kier molecular flexibility index (Phi) is 7.71. The molecule has 0 saturated carbocycles. The standard InChI is InChI=1S/C27H26ClF4NO/c1-26(2,3)21-9-7-19(8-10-21)17-33(25(34)20-14-23(28)16-24(29)15-20)12-11-18-5-4-6-22(13-18)27(30,31)32/h4-10,13-16H,11-12,17H2,1-3H3. The first-order valence-electron chi connectivity index (χ1n) is 10.8. The van der Waals surface area contributed by atoms with Crippen LogP contribution >= 0.6 is 11.6 Å². The largest absolute Gasteiger partial charge is 0.416 e. The SMILES string of the molecule is CC(C)(C)c1ccc(CN(CCc2cccc(C(F)(F)F)c2)C(=O)c2cc(F)cc(Cl)c2)cc1. The molecule has 0 saturated heterocycles. The van der Waals surface area contributed by atoms with Crippen molar-refractivity contribution >= 4 is 17.5 Å². The quantitative estimate of drug-likeness (QED) is 0.324. The molecule has 0 aliphatic heterocycles. The van der Waals surface area contributed by atoms with Gasteiger partial charge < -0.3 is 4.90 Å². The molecule has 180 valence electrons. The number of nitrogens with zero attached hydrogens (tertiary/aromatic N) is 1. The zero-order valence-electron chi connectivity index (χ0n) is 19.2. The van der Waals surface area contributed by atoms with Crippen molar-refractivity contribution in [2.45, 2.75) is 45.3 Å². The zero-order valence-corrected chi connectivity index (χ0v) is 20.0. The number of hydrogen-bond acceptors (Lipinski definition) is 1. The summed E-state index contributed by atoms with van der Waals surface area (Å²) in [7, 11) is 0. The van der Waals surface area contributed by atoms with E-state index in [1.807, 2.05) is 24.3 Å². The van der Waals surface area contributed by atoms with E-state index < -0.39 is 23.5 Å². The van der Waals surface area contributed by atoms with Crippen LogP contribution in [0.15, 0.2) is 66.7 Å². The first-order valence-corrected chi connectivity index (χ1v) is 11.2. The first-order chi connectivity index (χ1) is 15.8. The second-order valence-corrected chi connectivity index (χ2v) is 9.72. The Morgan fingerprint density at radius 2 is 1.56 bits per heavy atom. The molecule has 3 rings (SSSR count). The Hall–Kier alpha value is -2.86. The summed E-state index contributed by atoms with van der Waals surface area (Å²) in [4.78, 5) is 14.7. The highest BCUT2D eigenvalue weighted by Crippen LogP contribution is 2.30. The van der Waals surface area contributed by atoms with E-state index in [9.17, 15) is 22.4 Å². The fourth-order valence-corrected chi connectivity index (χ4v) is 3.83. The summed E-state index contributed by atoms with van der Waals surface area (Å²) in [6.07, 6.45) is -4.24. The van der Waals surface area contributed by atoms with E-state index in [0.717, 1.165) is 35.4 Å². The third-order valence-electron chi connectivity index (χ3n) is 5.51. The highest BCUT2D eigenvalue weighted by Gasteiger charge is 2.30. The van der Waals surface area contributed by atoms with Crippen LogP contribution in [0.5, 0.6) is 0 Å². The molecule has 0 bridgehead atoms. The number of halogens is 5. The van der Waals surface area contributed by atoms with Crippen LogP contribution in [-0.2, 0) is 24.6 Å². The Morgan fingerprint density at radius 3 is 2.15 bits per heavy atom. The van der Waals surface area contributed by atoms with Gasteiger partial charge in [0.25, 0.3) is 5.91 Å². The summed E-state index contributed by atoms with van der Waals surface area (Å²) >= 11 is 5.93. The number of benzene rings is 3. The summed E-state index contributed by atoms with van der Waals surface area (Å²) < 4.78 is 53.1. The van der Waals surface area contributed by atoms with Gasteiger partial charge in [0.15, 0.2) is 0 Å². The average Bonchev–Trinajstić information content (AvgIpc) is 2.75. The monoisotopic (exact) mass is 491 g/mol. The van der Waals surface area contributed by atoms with Crippen LogP contribution in [0.4, 0.5) is 17.6 Å². The van der Waals surface area contributed by atoms with E-state index in [1.165, 1.54) is 17.0 Å². The van der Waals surface area contributed by atoms with Crippen LogP contribution in [0, 0.1) is 5.82 Å². The molecule has 3 aromatic carbocycles. The van der Waals surface area contributed by atoms with Crippen LogP contribution in [0.2, 0.25) is 5.02 Å². The van der Waals surface area contributed by atoms with Gasteiger partial charge in [0.05, 0.1) is 5.56 Å². The van der Waals surface area contributed by atoms with Crippen molar-refractivity contribution in [3.8, 4) is 0 Å². The lowest BCUT2D eigenvalue weighted by Gasteiger charge is -2.24. The molecule has 0 fully saturated rings. The summed E-state index contributed by atoms with van der Waals surface area (Å²) in [5, 5.41) is 0.0932. The summed E-state index contributed by atoms with van der Waals surface area (Å²) in [6.45, 7) is 6.66. The normalized spacial score (nSPS) is 12.0. The molecule has 0 aliphatic carbocycles. The number of hydrogen-bond donors (Lipinski definition) is 0. The van der Waals surface area contributed by atoms with Crippen LogP contribution < -0.4 is 0 Å². The Bertz CT molecular complexity index is 1130. The van der Waals surface area contributed by atoms with E-state index in [2.05, 4.69) is 20.8 Å². The van der Waals surface area contributed by atoms with Gasteiger partial charge in [-0.15, -0.1) is 0 Å².